The third-order valence-electron chi connectivity index (χ3n) is 4.97. The number of ether oxygens (including phenoxy) is 1. The van der Waals surface area contributed by atoms with Crippen molar-refractivity contribution in [1.29, 1.82) is 0 Å². The smallest absolute Gasteiger partial charge is 0.0996 e. The molecule has 0 heterocycles. The summed E-state index contributed by atoms with van der Waals surface area (Å²) in [4.78, 5) is 0. The Balaban J connectivity index is 4.55. The highest BCUT2D eigenvalue weighted by Crippen LogP contribution is 2.27. The quantitative estimate of drug-likeness (QED) is 0.294. The second kappa shape index (κ2) is 14.8. The highest BCUT2D eigenvalue weighted by atomic mass is 16.5. The average molecular weight is 323 g/mol. The molecule has 0 aromatic carbocycles. The van der Waals surface area contributed by atoms with Crippen LogP contribution in [0.4, 0.5) is 0 Å². The number of rotatable bonds is 14. The summed E-state index contributed by atoms with van der Waals surface area (Å²) in [5.74, 6) is 3.88. The van der Waals surface area contributed by atoms with Gasteiger partial charge in [-0.3, -0.25) is 0 Å². The van der Waals surface area contributed by atoms with Gasteiger partial charge in [-0.1, -0.05) is 79.1 Å². The largest absolute Gasteiger partial charge is 0.467 e. The van der Waals surface area contributed by atoms with E-state index in [0.29, 0.717) is 0 Å². The van der Waals surface area contributed by atoms with E-state index in [9.17, 15) is 0 Å². The Morgan fingerprint density at radius 2 is 1.13 bits per heavy atom. The molecule has 1 heteroatoms. The molecule has 0 aliphatic heterocycles. The van der Waals surface area contributed by atoms with E-state index in [4.69, 9.17) is 4.74 Å². The van der Waals surface area contributed by atoms with E-state index < -0.39 is 0 Å². The molecule has 136 valence electrons. The molecular formula is C22H42O. The van der Waals surface area contributed by atoms with E-state index in [0.717, 1.165) is 24.7 Å². The van der Waals surface area contributed by atoms with Crippen LogP contribution in [-0.4, -0.2) is 0 Å². The van der Waals surface area contributed by atoms with Crippen molar-refractivity contribution < 1.29 is 4.74 Å². The van der Waals surface area contributed by atoms with Crippen molar-refractivity contribution in [3.63, 3.8) is 0 Å². The lowest BCUT2D eigenvalue weighted by molar-refractivity contribution is 0.235. The summed E-state index contributed by atoms with van der Waals surface area (Å²) in [6.07, 6.45) is 16.9. The fraction of sp³-hybridized carbons (Fsp3) is 0.818. The standard InChI is InChI=1S/C22H42O/c1-7-13-15-19(9-3)17-21(11-5)23-22(12-6)18-20(10-4)16-14-8-2/h11-12,19-20H,7-10,13-18H2,1-6H3. The Morgan fingerprint density at radius 1 is 0.739 bits per heavy atom. The van der Waals surface area contributed by atoms with Gasteiger partial charge in [0.1, 0.15) is 0 Å². The van der Waals surface area contributed by atoms with Crippen LogP contribution in [0.25, 0.3) is 0 Å². The monoisotopic (exact) mass is 322 g/mol. The molecule has 23 heavy (non-hydrogen) atoms. The summed E-state index contributed by atoms with van der Waals surface area (Å²) in [6, 6.07) is 0. The fourth-order valence-corrected chi connectivity index (χ4v) is 3.06. The summed E-state index contributed by atoms with van der Waals surface area (Å²) >= 11 is 0. The molecule has 0 aromatic rings. The summed E-state index contributed by atoms with van der Waals surface area (Å²) < 4.78 is 6.30. The van der Waals surface area contributed by atoms with Crippen LogP contribution in [0.15, 0.2) is 23.7 Å². The van der Waals surface area contributed by atoms with E-state index in [1.54, 1.807) is 0 Å². The molecule has 0 aliphatic rings. The minimum atomic E-state index is 0.765. The van der Waals surface area contributed by atoms with Gasteiger partial charge >= 0.3 is 0 Å². The van der Waals surface area contributed by atoms with Gasteiger partial charge in [0, 0.05) is 12.8 Å². The van der Waals surface area contributed by atoms with Gasteiger partial charge in [0.05, 0.1) is 11.5 Å². The molecule has 0 saturated heterocycles. The van der Waals surface area contributed by atoms with E-state index >= 15 is 0 Å². The topological polar surface area (TPSA) is 9.23 Å². The van der Waals surface area contributed by atoms with Crippen molar-refractivity contribution in [3.05, 3.63) is 23.7 Å². The van der Waals surface area contributed by atoms with Crippen molar-refractivity contribution >= 4 is 0 Å². The van der Waals surface area contributed by atoms with Crippen LogP contribution in [0.1, 0.15) is 106 Å². The number of allylic oxidation sites excluding steroid dienone is 4. The minimum Gasteiger partial charge on any atom is -0.467 e. The van der Waals surface area contributed by atoms with Crippen molar-refractivity contribution in [1.82, 2.24) is 0 Å². The zero-order valence-corrected chi connectivity index (χ0v) is 16.8. The lowest BCUT2D eigenvalue weighted by Gasteiger charge is -2.21. The molecule has 0 saturated carbocycles. The molecule has 0 aromatic heterocycles. The summed E-state index contributed by atoms with van der Waals surface area (Å²) in [7, 11) is 0. The van der Waals surface area contributed by atoms with Crippen molar-refractivity contribution in [3.8, 4) is 0 Å². The molecule has 0 bridgehead atoms. The van der Waals surface area contributed by atoms with Crippen LogP contribution in [0.3, 0.4) is 0 Å². The highest BCUT2D eigenvalue weighted by molar-refractivity contribution is 5.02. The van der Waals surface area contributed by atoms with E-state index in [1.165, 1.54) is 62.9 Å². The Hall–Kier alpha value is -0.720. The summed E-state index contributed by atoms with van der Waals surface area (Å²) in [5, 5.41) is 0. The Bertz CT molecular complexity index is 295. The van der Waals surface area contributed by atoms with E-state index in [2.05, 4.69) is 53.7 Å². The fourth-order valence-electron chi connectivity index (χ4n) is 3.06. The van der Waals surface area contributed by atoms with Gasteiger partial charge in [0.25, 0.3) is 0 Å². The normalized spacial score (nSPS) is 15.6. The molecule has 0 spiro atoms. The maximum Gasteiger partial charge on any atom is 0.0996 e. The number of hydrogen-bond acceptors (Lipinski definition) is 1. The first-order chi connectivity index (χ1) is 11.1. The maximum atomic E-state index is 6.30. The van der Waals surface area contributed by atoms with E-state index in [1.807, 2.05) is 0 Å². The van der Waals surface area contributed by atoms with Crippen LogP contribution in [0, 0.1) is 11.8 Å². The van der Waals surface area contributed by atoms with Gasteiger partial charge in [0.15, 0.2) is 0 Å². The van der Waals surface area contributed by atoms with Gasteiger partial charge in [-0.05, 0) is 37.8 Å². The Morgan fingerprint density at radius 3 is 1.39 bits per heavy atom. The van der Waals surface area contributed by atoms with Crippen molar-refractivity contribution in [2.24, 2.45) is 11.8 Å². The highest BCUT2D eigenvalue weighted by Gasteiger charge is 2.14. The SMILES string of the molecule is CC=C(CC(CC)CCCC)OC(=CC)CC(CC)CCCC. The predicted molar refractivity (Wildman–Crippen MR) is 104 cm³/mol. The molecule has 0 N–H and O–H groups in total. The molecule has 2 unspecified atom stereocenters. The van der Waals surface area contributed by atoms with Crippen LogP contribution < -0.4 is 0 Å². The number of hydrogen-bond donors (Lipinski definition) is 0. The summed E-state index contributed by atoms with van der Waals surface area (Å²) in [6.45, 7) is 13.4. The molecule has 1 nitrogen and oxygen atoms in total. The lowest BCUT2D eigenvalue weighted by atomic mass is 9.94. The average Bonchev–Trinajstić information content (AvgIpc) is 2.59. The second-order valence-corrected chi connectivity index (χ2v) is 6.85. The van der Waals surface area contributed by atoms with Gasteiger partial charge in [-0.2, -0.15) is 0 Å². The zero-order valence-electron chi connectivity index (χ0n) is 16.8. The lowest BCUT2D eigenvalue weighted by Crippen LogP contribution is -2.07. The molecular weight excluding hydrogens is 280 g/mol. The second-order valence-electron chi connectivity index (χ2n) is 6.85. The van der Waals surface area contributed by atoms with Crippen LogP contribution in [0.2, 0.25) is 0 Å². The van der Waals surface area contributed by atoms with Crippen LogP contribution >= 0.6 is 0 Å². The third kappa shape index (κ3) is 10.6. The molecule has 0 rings (SSSR count). The van der Waals surface area contributed by atoms with Crippen molar-refractivity contribution in [2.45, 2.75) is 106 Å². The summed E-state index contributed by atoms with van der Waals surface area (Å²) in [5.41, 5.74) is 0. The van der Waals surface area contributed by atoms with Gasteiger partial charge in [-0.15, -0.1) is 0 Å². The third-order valence-corrected chi connectivity index (χ3v) is 4.97. The maximum absolute atomic E-state index is 6.30. The minimum absolute atomic E-state index is 0.765. The van der Waals surface area contributed by atoms with Gasteiger partial charge < -0.3 is 4.74 Å². The zero-order chi connectivity index (χ0) is 17.5. The Kier molecular flexibility index (Phi) is 14.4. The van der Waals surface area contributed by atoms with E-state index in [-0.39, 0.29) is 0 Å². The first-order valence-corrected chi connectivity index (χ1v) is 10.1. The van der Waals surface area contributed by atoms with Crippen molar-refractivity contribution in [2.75, 3.05) is 0 Å². The first-order valence-electron chi connectivity index (χ1n) is 10.1. The molecule has 0 amide bonds. The predicted octanol–water partition coefficient (Wildman–Crippen LogP) is 8.02. The molecule has 0 aliphatic carbocycles. The molecule has 0 radical (unpaired) electrons. The Labute approximate surface area is 146 Å². The first kappa shape index (κ1) is 22.3. The number of unbranched alkanes of at least 4 members (excludes halogenated alkanes) is 2. The van der Waals surface area contributed by atoms with Crippen LogP contribution in [0.5, 0.6) is 0 Å². The molecule has 2 atom stereocenters. The van der Waals surface area contributed by atoms with Gasteiger partial charge in [0.2, 0.25) is 0 Å². The molecule has 0 fully saturated rings. The van der Waals surface area contributed by atoms with Crippen LogP contribution in [-0.2, 0) is 4.74 Å². The van der Waals surface area contributed by atoms with Gasteiger partial charge in [-0.25, -0.2) is 0 Å².